The van der Waals surface area contributed by atoms with Crippen molar-refractivity contribution in [3.8, 4) is 0 Å². The Morgan fingerprint density at radius 1 is 1.44 bits per heavy atom. The van der Waals surface area contributed by atoms with Crippen molar-refractivity contribution in [2.75, 3.05) is 26.7 Å². The Balaban J connectivity index is 2.67. The zero-order valence-electron chi connectivity index (χ0n) is 10.4. The molecule has 4 N–H and O–H groups in total. The minimum absolute atomic E-state index is 0.285. The van der Waals surface area contributed by atoms with E-state index >= 15 is 0 Å². The first-order chi connectivity index (χ1) is 8.47. The summed E-state index contributed by atoms with van der Waals surface area (Å²) in [6.45, 7) is 2.92. The van der Waals surface area contributed by atoms with Crippen LogP contribution in [0.15, 0.2) is 0 Å². The van der Waals surface area contributed by atoms with Crippen molar-refractivity contribution in [2.45, 2.75) is 19.0 Å². The second kappa shape index (κ2) is 6.31. The number of carboxylic acid groups (broad SMARTS) is 1. The summed E-state index contributed by atoms with van der Waals surface area (Å²) < 4.78 is 0. The van der Waals surface area contributed by atoms with Gasteiger partial charge in [-0.2, -0.15) is 0 Å². The lowest BCUT2D eigenvalue weighted by Crippen LogP contribution is -2.61. The van der Waals surface area contributed by atoms with E-state index in [1.165, 1.54) is 7.05 Å². The number of carboxylic acids is 1. The predicted octanol–water partition coefficient (Wildman–Crippen LogP) is -1.81. The number of nitrogens with zero attached hydrogens (tertiary/aromatic N) is 1. The fraction of sp³-hybridized carbons (Fsp3) is 0.700. The van der Waals surface area contributed by atoms with Crippen LogP contribution >= 0.6 is 0 Å². The number of imide groups is 1. The van der Waals surface area contributed by atoms with Gasteiger partial charge in [0.05, 0.1) is 6.04 Å². The van der Waals surface area contributed by atoms with Crippen LogP contribution in [0.5, 0.6) is 0 Å². The smallest absolute Gasteiger partial charge is 0.322 e. The summed E-state index contributed by atoms with van der Waals surface area (Å²) in [6, 6.07) is -2.04. The average molecular weight is 258 g/mol. The van der Waals surface area contributed by atoms with Gasteiger partial charge in [-0.15, -0.1) is 0 Å². The number of hydrogen-bond acceptors (Lipinski definition) is 5. The number of rotatable bonds is 3. The first-order valence-corrected chi connectivity index (χ1v) is 5.69. The van der Waals surface area contributed by atoms with Crippen LogP contribution in [0.4, 0.5) is 4.79 Å². The Labute approximate surface area is 105 Å². The van der Waals surface area contributed by atoms with Crippen LogP contribution in [-0.4, -0.2) is 66.7 Å². The van der Waals surface area contributed by atoms with Gasteiger partial charge in [0.2, 0.25) is 5.91 Å². The molecule has 1 rings (SSSR count). The Morgan fingerprint density at radius 2 is 2.11 bits per heavy atom. The van der Waals surface area contributed by atoms with Gasteiger partial charge in [-0.1, -0.05) is 0 Å². The molecule has 0 spiro atoms. The normalized spacial score (nSPS) is 22.0. The maximum absolute atomic E-state index is 11.8. The van der Waals surface area contributed by atoms with E-state index in [1.54, 1.807) is 11.8 Å². The van der Waals surface area contributed by atoms with E-state index in [9.17, 15) is 14.4 Å². The molecular weight excluding hydrogens is 240 g/mol. The maximum Gasteiger partial charge on any atom is 0.322 e. The first kappa shape index (κ1) is 14.4. The standard InChI is InChI=1S/C10H18N4O4/c1-6(8(15)13-10(18)11-2)14-4-3-12-5-7(14)9(16)17/h6-7,12H,3-5H2,1-2H3,(H,16,17)(H2,11,13,15,18). The number of carbonyl (C=O) groups excluding carboxylic acids is 2. The summed E-state index contributed by atoms with van der Waals surface area (Å²) in [5.41, 5.74) is 0. The molecule has 8 heteroatoms. The van der Waals surface area contributed by atoms with Gasteiger partial charge < -0.3 is 15.7 Å². The van der Waals surface area contributed by atoms with Crippen molar-refractivity contribution in [3.05, 3.63) is 0 Å². The second-order valence-corrected chi connectivity index (χ2v) is 4.04. The summed E-state index contributed by atoms with van der Waals surface area (Å²) >= 11 is 0. The lowest BCUT2D eigenvalue weighted by molar-refractivity contribution is -0.146. The number of hydrogen-bond donors (Lipinski definition) is 4. The summed E-state index contributed by atoms with van der Waals surface area (Å²) in [4.78, 5) is 35.4. The third-order valence-electron chi connectivity index (χ3n) is 2.91. The molecule has 102 valence electrons. The molecular formula is C10H18N4O4. The third kappa shape index (κ3) is 3.41. The van der Waals surface area contributed by atoms with Crippen LogP contribution < -0.4 is 16.0 Å². The molecule has 18 heavy (non-hydrogen) atoms. The number of amides is 3. The largest absolute Gasteiger partial charge is 0.480 e. The molecule has 0 aliphatic carbocycles. The van der Waals surface area contributed by atoms with Gasteiger partial charge >= 0.3 is 12.0 Å². The van der Waals surface area contributed by atoms with Gasteiger partial charge in [0.15, 0.2) is 0 Å². The van der Waals surface area contributed by atoms with Crippen LogP contribution in [0.3, 0.4) is 0 Å². The van der Waals surface area contributed by atoms with Crippen molar-refractivity contribution in [1.29, 1.82) is 0 Å². The molecule has 0 radical (unpaired) electrons. The molecule has 1 aliphatic heterocycles. The van der Waals surface area contributed by atoms with Crippen molar-refractivity contribution >= 4 is 17.9 Å². The molecule has 0 bridgehead atoms. The highest BCUT2D eigenvalue weighted by Gasteiger charge is 2.34. The molecule has 0 aromatic rings. The lowest BCUT2D eigenvalue weighted by Gasteiger charge is -2.36. The molecule has 2 unspecified atom stereocenters. The molecule has 3 amide bonds. The van der Waals surface area contributed by atoms with E-state index in [2.05, 4.69) is 16.0 Å². The molecule has 0 aromatic heterocycles. The zero-order chi connectivity index (χ0) is 13.7. The predicted molar refractivity (Wildman–Crippen MR) is 63.1 cm³/mol. The van der Waals surface area contributed by atoms with E-state index in [0.29, 0.717) is 13.1 Å². The third-order valence-corrected chi connectivity index (χ3v) is 2.91. The SMILES string of the molecule is CNC(=O)NC(=O)C(C)N1CCNCC1C(=O)O. The minimum Gasteiger partial charge on any atom is -0.480 e. The lowest BCUT2D eigenvalue weighted by atomic mass is 10.1. The van der Waals surface area contributed by atoms with E-state index in [0.717, 1.165) is 0 Å². The van der Waals surface area contributed by atoms with Crippen molar-refractivity contribution < 1.29 is 19.5 Å². The summed E-state index contributed by atoms with van der Waals surface area (Å²) in [6.07, 6.45) is 0. The summed E-state index contributed by atoms with van der Waals surface area (Å²) in [5.74, 6) is -1.50. The highest BCUT2D eigenvalue weighted by Crippen LogP contribution is 2.09. The van der Waals surface area contributed by atoms with Crippen LogP contribution in [0.1, 0.15) is 6.92 Å². The first-order valence-electron chi connectivity index (χ1n) is 5.69. The van der Waals surface area contributed by atoms with Crippen LogP contribution in [0, 0.1) is 0 Å². The van der Waals surface area contributed by atoms with E-state index in [-0.39, 0.29) is 6.54 Å². The Morgan fingerprint density at radius 3 is 2.67 bits per heavy atom. The van der Waals surface area contributed by atoms with Gasteiger partial charge in [0, 0.05) is 26.7 Å². The molecule has 1 aliphatic rings. The maximum atomic E-state index is 11.8. The van der Waals surface area contributed by atoms with Crippen molar-refractivity contribution in [3.63, 3.8) is 0 Å². The highest BCUT2D eigenvalue weighted by molar-refractivity contribution is 5.96. The molecule has 1 fully saturated rings. The van der Waals surface area contributed by atoms with Crippen LogP contribution in [0.25, 0.3) is 0 Å². The van der Waals surface area contributed by atoms with Gasteiger partial charge in [0.1, 0.15) is 6.04 Å². The Bertz CT molecular complexity index is 347. The Kier molecular flexibility index (Phi) is 5.05. The fourth-order valence-corrected chi connectivity index (χ4v) is 1.84. The Hall–Kier alpha value is -1.67. The van der Waals surface area contributed by atoms with Crippen molar-refractivity contribution in [1.82, 2.24) is 20.9 Å². The number of urea groups is 1. The molecule has 8 nitrogen and oxygen atoms in total. The van der Waals surface area contributed by atoms with Gasteiger partial charge in [-0.05, 0) is 6.92 Å². The molecule has 1 saturated heterocycles. The monoisotopic (exact) mass is 258 g/mol. The quantitative estimate of drug-likeness (QED) is 0.475. The second-order valence-electron chi connectivity index (χ2n) is 4.04. The molecule has 0 aromatic carbocycles. The summed E-state index contributed by atoms with van der Waals surface area (Å²) in [5, 5.41) is 16.4. The zero-order valence-corrected chi connectivity index (χ0v) is 10.4. The topological polar surface area (TPSA) is 111 Å². The number of aliphatic carboxylic acids is 1. The minimum atomic E-state index is -0.984. The molecule has 1 heterocycles. The number of nitrogens with one attached hydrogen (secondary N) is 3. The summed E-state index contributed by atoms with van der Waals surface area (Å²) in [7, 11) is 1.40. The average Bonchev–Trinajstić information content (AvgIpc) is 2.37. The van der Waals surface area contributed by atoms with Crippen LogP contribution in [0.2, 0.25) is 0 Å². The van der Waals surface area contributed by atoms with Gasteiger partial charge in [-0.3, -0.25) is 19.8 Å². The van der Waals surface area contributed by atoms with Gasteiger partial charge in [-0.25, -0.2) is 4.79 Å². The van der Waals surface area contributed by atoms with Crippen molar-refractivity contribution in [2.24, 2.45) is 0 Å². The number of carbonyl (C=O) groups is 3. The van der Waals surface area contributed by atoms with E-state index < -0.39 is 30.0 Å². The van der Waals surface area contributed by atoms with Crippen LogP contribution in [-0.2, 0) is 9.59 Å². The fourth-order valence-electron chi connectivity index (χ4n) is 1.84. The van der Waals surface area contributed by atoms with E-state index in [1.807, 2.05) is 0 Å². The molecule has 0 saturated carbocycles. The van der Waals surface area contributed by atoms with Gasteiger partial charge in [0.25, 0.3) is 0 Å². The number of piperazine rings is 1. The molecule has 2 atom stereocenters. The highest BCUT2D eigenvalue weighted by atomic mass is 16.4. The van der Waals surface area contributed by atoms with E-state index in [4.69, 9.17) is 5.11 Å².